The fraction of sp³-hybridized carbons (Fsp3) is 0.149. The number of anilines is 6. The van der Waals surface area contributed by atoms with Gasteiger partial charge in [-0.2, -0.15) is 0 Å². The van der Waals surface area contributed by atoms with Crippen molar-refractivity contribution in [2.75, 3.05) is 9.80 Å². The zero-order valence-electron chi connectivity index (χ0n) is 29.9. The van der Waals surface area contributed by atoms with E-state index >= 15 is 0 Å². The molecule has 0 fully saturated rings. The van der Waals surface area contributed by atoms with E-state index in [1.54, 1.807) is 0 Å². The Labute approximate surface area is 297 Å². The average molecular weight is 665 g/mol. The Kier molecular flexibility index (Phi) is 7.96. The summed E-state index contributed by atoms with van der Waals surface area (Å²) in [5.41, 5.74) is 9.65. The minimum absolute atomic E-state index is 0.345. The first kappa shape index (κ1) is 31.9. The lowest BCUT2D eigenvalue weighted by atomic mass is 9.86. The molecule has 2 nitrogen and oxygen atoms in total. The zero-order chi connectivity index (χ0) is 34.6. The summed E-state index contributed by atoms with van der Waals surface area (Å²) in [4.78, 5) is 4.88. The topological polar surface area (TPSA) is 6.48 Å². The van der Waals surface area contributed by atoms with E-state index in [-0.39, 0.29) is 0 Å². The molecule has 3 heteroatoms. The molecular formula is C47H44N2Si. The summed E-state index contributed by atoms with van der Waals surface area (Å²) >= 11 is 0. The van der Waals surface area contributed by atoms with Gasteiger partial charge >= 0.3 is 0 Å². The summed E-state index contributed by atoms with van der Waals surface area (Å²) in [6.45, 7) is 14.0. The number of hydrogen-bond donors (Lipinski definition) is 0. The van der Waals surface area contributed by atoms with Gasteiger partial charge in [-0.15, -0.1) is 0 Å². The third-order valence-corrected chi connectivity index (χ3v) is 12.3. The quantitative estimate of drug-likeness (QED) is 0.118. The number of rotatable bonds is 8. The Balaban J connectivity index is 1.44. The first-order valence-electron chi connectivity index (χ1n) is 17.8. The zero-order valence-corrected chi connectivity index (χ0v) is 30.9. The first-order chi connectivity index (χ1) is 24.2. The summed E-state index contributed by atoms with van der Waals surface area (Å²) in [7, 11) is -1.45. The predicted octanol–water partition coefficient (Wildman–Crippen LogP) is 13.5. The van der Waals surface area contributed by atoms with Crippen LogP contribution in [0.5, 0.6) is 0 Å². The lowest BCUT2D eigenvalue weighted by molar-refractivity contribution is 0.876. The predicted molar refractivity (Wildman–Crippen MR) is 221 cm³/mol. The van der Waals surface area contributed by atoms with E-state index in [1.807, 2.05) is 0 Å². The minimum Gasteiger partial charge on any atom is -0.310 e. The van der Waals surface area contributed by atoms with Crippen molar-refractivity contribution >= 4 is 79.7 Å². The van der Waals surface area contributed by atoms with E-state index < -0.39 is 8.07 Å². The van der Waals surface area contributed by atoms with Crippen LogP contribution in [0.15, 0.2) is 152 Å². The second kappa shape index (κ2) is 12.5. The number of hydrogen-bond acceptors (Lipinski definition) is 2. The maximum Gasteiger partial charge on any atom is 0.0775 e. The van der Waals surface area contributed by atoms with Crippen molar-refractivity contribution in [2.24, 2.45) is 0 Å². The monoisotopic (exact) mass is 664 g/mol. The lowest BCUT2D eigenvalue weighted by Crippen LogP contribution is -2.37. The summed E-state index contributed by atoms with van der Waals surface area (Å²) in [6.07, 6.45) is 0. The number of benzene rings is 8. The molecule has 0 spiro atoms. The molecule has 8 aromatic carbocycles. The molecule has 0 amide bonds. The minimum atomic E-state index is -1.45. The van der Waals surface area contributed by atoms with Gasteiger partial charge in [-0.3, -0.25) is 0 Å². The standard InChI is InChI=1S/C47H44N2Si/c1-32(2)43-31-45(49(36-15-11-8-12-16-36)38-23-25-39(26-24-38)50(4,5)6)42-27-19-34-20-30-44(41-29-28-40(43)47(42)46(34)41)48(35-13-9-7-10-14-35)37-21-17-33(3)18-22-37/h7-32H,1-6H3. The fourth-order valence-corrected chi connectivity index (χ4v) is 8.73. The molecule has 0 aliphatic heterocycles. The van der Waals surface area contributed by atoms with Gasteiger partial charge in [-0.05, 0) is 101 Å². The largest absolute Gasteiger partial charge is 0.310 e. The summed E-state index contributed by atoms with van der Waals surface area (Å²) in [6, 6.07) is 56.3. The van der Waals surface area contributed by atoms with Crippen LogP contribution < -0.4 is 15.0 Å². The first-order valence-corrected chi connectivity index (χ1v) is 21.3. The van der Waals surface area contributed by atoms with Crippen LogP contribution in [0.25, 0.3) is 32.3 Å². The normalized spacial score (nSPS) is 12.0. The van der Waals surface area contributed by atoms with Gasteiger partial charge in [0.05, 0.1) is 19.4 Å². The molecular weight excluding hydrogens is 621 g/mol. The van der Waals surface area contributed by atoms with Crippen molar-refractivity contribution in [2.45, 2.75) is 46.3 Å². The third-order valence-electron chi connectivity index (χ3n) is 10.2. The number of para-hydroxylation sites is 2. The summed E-state index contributed by atoms with van der Waals surface area (Å²) < 4.78 is 0. The van der Waals surface area contributed by atoms with Crippen LogP contribution in [-0.4, -0.2) is 8.07 Å². The Morgan fingerprint density at radius 3 is 1.52 bits per heavy atom. The van der Waals surface area contributed by atoms with Crippen LogP contribution in [0.1, 0.15) is 30.9 Å². The van der Waals surface area contributed by atoms with Crippen LogP contribution in [0.3, 0.4) is 0 Å². The van der Waals surface area contributed by atoms with Crippen LogP contribution in [0.2, 0.25) is 19.6 Å². The molecule has 0 aromatic heterocycles. The molecule has 50 heavy (non-hydrogen) atoms. The van der Waals surface area contributed by atoms with Crippen LogP contribution in [-0.2, 0) is 0 Å². The highest BCUT2D eigenvalue weighted by atomic mass is 28.3. The van der Waals surface area contributed by atoms with Gasteiger partial charge in [0.2, 0.25) is 0 Å². The summed E-state index contributed by atoms with van der Waals surface area (Å²) in [5.74, 6) is 0.345. The van der Waals surface area contributed by atoms with Crippen molar-refractivity contribution in [1.82, 2.24) is 0 Å². The molecule has 0 aliphatic rings. The molecule has 0 heterocycles. The molecule has 8 aromatic rings. The van der Waals surface area contributed by atoms with Gasteiger partial charge in [-0.1, -0.05) is 135 Å². The van der Waals surface area contributed by atoms with Crippen molar-refractivity contribution in [3.63, 3.8) is 0 Å². The number of aryl methyl sites for hydroxylation is 1. The molecule has 8 rings (SSSR count). The molecule has 0 saturated carbocycles. The number of nitrogens with zero attached hydrogens (tertiary/aromatic N) is 2. The summed E-state index contributed by atoms with van der Waals surface area (Å²) in [5, 5.41) is 9.23. The Hall–Kier alpha value is -5.38. The highest BCUT2D eigenvalue weighted by Gasteiger charge is 2.24. The van der Waals surface area contributed by atoms with E-state index in [0.29, 0.717) is 5.92 Å². The molecule has 0 atom stereocenters. The van der Waals surface area contributed by atoms with Gasteiger partial charge in [0, 0.05) is 33.5 Å². The van der Waals surface area contributed by atoms with Crippen LogP contribution in [0, 0.1) is 6.92 Å². The fourth-order valence-electron chi connectivity index (χ4n) is 7.56. The highest BCUT2D eigenvalue weighted by Crippen LogP contribution is 2.49. The maximum atomic E-state index is 2.47. The van der Waals surface area contributed by atoms with Crippen molar-refractivity contribution in [3.8, 4) is 0 Å². The third kappa shape index (κ3) is 5.52. The Bertz CT molecular complexity index is 2420. The van der Waals surface area contributed by atoms with Gasteiger partial charge in [0.15, 0.2) is 0 Å². The Morgan fingerprint density at radius 2 is 0.940 bits per heavy atom. The van der Waals surface area contributed by atoms with E-state index in [9.17, 15) is 0 Å². The SMILES string of the molecule is Cc1ccc(N(c2ccccc2)c2ccc3ccc4c(N(c5ccccc5)c5ccc([Si](C)(C)C)cc5)cc(C(C)C)c5ccc2c3c54)cc1. The molecule has 0 N–H and O–H groups in total. The molecule has 0 aliphatic carbocycles. The van der Waals surface area contributed by atoms with E-state index in [1.165, 1.54) is 65.7 Å². The maximum absolute atomic E-state index is 2.47. The smallest absolute Gasteiger partial charge is 0.0775 e. The molecule has 0 radical (unpaired) electrons. The van der Waals surface area contributed by atoms with Crippen molar-refractivity contribution < 1.29 is 0 Å². The van der Waals surface area contributed by atoms with Crippen molar-refractivity contribution in [1.29, 1.82) is 0 Å². The molecule has 246 valence electrons. The second-order valence-electron chi connectivity index (χ2n) is 14.9. The Morgan fingerprint density at radius 1 is 0.460 bits per heavy atom. The van der Waals surface area contributed by atoms with E-state index in [2.05, 4.69) is 202 Å². The van der Waals surface area contributed by atoms with Gasteiger partial charge < -0.3 is 9.80 Å². The van der Waals surface area contributed by atoms with Gasteiger partial charge in [-0.25, -0.2) is 0 Å². The van der Waals surface area contributed by atoms with E-state index in [0.717, 1.165) is 17.1 Å². The second-order valence-corrected chi connectivity index (χ2v) is 20.0. The van der Waals surface area contributed by atoms with Gasteiger partial charge in [0.1, 0.15) is 0 Å². The van der Waals surface area contributed by atoms with Gasteiger partial charge in [0.25, 0.3) is 0 Å². The highest BCUT2D eigenvalue weighted by molar-refractivity contribution is 6.88. The van der Waals surface area contributed by atoms with Crippen LogP contribution >= 0.6 is 0 Å². The molecule has 0 saturated heterocycles. The molecule has 0 unspecified atom stereocenters. The van der Waals surface area contributed by atoms with E-state index in [4.69, 9.17) is 0 Å². The average Bonchev–Trinajstić information content (AvgIpc) is 3.13. The van der Waals surface area contributed by atoms with Crippen molar-refractivity contribution in [3.05, 3.63) is 163 Å². The lowest BCUT2D eigenvalue weighted by Gasteiger charge is -2.31. The molecule has 0 bridgehead atoms. The van der Waals surface area contributed by atoms with Crippen LogP contribution in [0.4, 0.5) is 34.1 Å².